The molecule has 0 saturated carbocycles. The van der Waals surface area contributed by atoms with E-state index >= 15 is 0 Å². The number of hydrogen-bond donors (Lipinski definition) is 0. The number of ether oxygens (including phenoxy) is 3. The molecule has 0 spiro atoms. The Kier molecular flexibility index (Phi) is 5.00. The molecule has 0 bridgehead atoms. The lowest BCUT2D eigenvalue weighted by Crippen LogP contribution is -2.42. The van der Waals surface area contributed by atoms with Gasteiger partial charge in [0.05, 0.1) is 26.8 Å². The van der Waals surface area contributed by atoms with Crippen LogP contribution in [0, 0.1) is 0 Å². The topological polar surface area (TPSA) is 88.6 Å². The van der Waals surface area contributed by atoms with Gasteiger partial charge in [-0.3, -0.25) is 4.90 Å². The fourth-order valence-corrected chi connectivity index (χ4v) is 4.39. The molecule has 10 heteroatoms. The van der Waals surface area contributed by atoms with Crippen molar-refractivity contribution in [3.05, 3.63) is 23.8 Å². The van der Waals surface area contributed by atoms with Crippen LogP contribution in [0.3, 0.4) is 0 Å². The molecule has 1 aromatic rings. The first kappa shape index (κ1) is 18.7. The molecule has 2 aliphatic heterocycles. The fraction of sp³-hybridized carbons (Fsp3) is 0.562. The maximum Gasteiger partial charge on any atom is 0.410 e. The Bertz CT molecular complexity index is 797. The summed E-state index contributed by atoms with van der Waals surface area (Å²) in [6.45, 7) is 0.680. The lowest BCUT2D eigenvalue weighted by molar-refractivity contribution is 0.128. The maximum absolute atomic E-state index is 12.3. The average Bonchev–Trinajstić information content (AvgIpc) is 3.14. The van der Waals surface area contributed by atoms with E-state index in [0.29, 0.717) is 18.0 Å². The number of benzene rings is 1. The summed E-state index contributed by atoms with van der Waals surface area (Å²) >= 11 is 0. The summed E-state index contributed by atoms with van der Waals surface area (Å²) in [7, 11) is 2.52. The second kappa shape index (κ2) is 6.93. The van der Waals surface area contributed by atoms with Crippen LogP contribution in [0.15, 0.2) is 18.2 Å². The first-order valence-corrected chi connectivity index (χ1v) is 9.53. The van der Waals surface area contributed by atoms with E-state index < -0.39 is 22.4 Å². The highest BCUT2D eigenvalue weighted by Crippen LogP contribution is 2.32. The second-order valence-corrected chi connectivity index (χ2v) is 8.56. The number of carbonyl (C=O) groups excluding carboxylic acids is 1. The predicted molar refractivity (Wildman–Crippen MR) is 93.3 cm³/mol. The van der Waals surface area contributed by atoms with Gasteiger partial charge in [0.25, 0.3) is 10.2 Å². The summed E-state index contributed by atoms with van der Waals surface area (Å²) in [6.07, 6.45) is -0.894. The molecule has 3 rings (SSSR count). The van der Waals surface area contributed by atoms with Crippen molar-refractivity contribution in [3.63, 3.8) is 0 Å². The van der Waals surface area contributed by atoms with E-state index in [-0.39, 0.29) is 19.1 Å². The van der Waals surface area contributed by atoms with Crippen molar-refractivity contribution in [2.24, 2.45) is 0 Å². The zero-order valence-electron chi connectivity index (χ0n) is 15.2. The van der Waals surface area contributed by atoms with Crippen LogP contribution in [-0.2, 0) is 21.5 Å². The molecule has 0 N–H and O–H groups in total. The van der Waals surface area contributed by atoms with Crippen LogP contribution in [0.5, 0.6) is 11.5 Å². The Morgan fingerprint density at radius 3 is 2.50 bits per heavy atom. The van der Waals surface area contributed by atoms with Crippen LogP contribution in [0.4, 0.5) is 4.79 Å². The van der Waals surface area contributed by atoms with Crippen LogP contribution >= 0.6 is 0 Å². The third-order valence-corrected chi connectivity index (χ3v) is 6.55. The molecule has 2 heterocycles. The minimum atomic E-state index is -3.54. The van der Waals surface area contributed by atoms with Crippen molar-refractivity contribution in [1.29, 1.82) is 0 Å². The van der Waals surface area contributed by atoms with E-state index in [1.165, 1.54) is 18.4 Å². The van der Waals surface area contributed by atoms with Crippen LogP contribution in [0.2, 0.25) is 0 Å². The largest absolute Gasteiger partial charge is 0.493 e. The lowest BCUT2D eigenvalue weighted by atomic mass is 10.1. The molecule has 0 radical (unpaired) electrons. The third kappa shape index (κ3) is 3.19. The van der Waals surface area contributed by atoms with Crippen LogP contribution in [0.1, 0.15) is 5.56 Å². The number of methoxy groups -OCH3 is 2. The summed E-state index contributed by atoms with van der Waals surface area (Å²) in [6, 6.07) is 5.09. The first-order chi connectivity index (χ1) is 12.3. The van der Waals surface area contributed by atoms with Crippen LogP contribution in [-0.4, -0.2) is 81.6 Å². The molecule has 2 saturated heterocycles. The second-order valence-electron chi connectivity index (χ2n) is 6.41. The van der Waals surface area contributed by atoms with E-state index in [2.05, 4.69) is 0 Å². The molecule has 0 aromatic heterocycles. The lowest BCUT2D eigenvalue weighted by Gasteiger charge is -2.24. The van der Waals surface area contributed by atoms with Gasteiger partial charge in [0, 0.05) is 27.2 Å². The number of nitrogens with zero attached hydrogens (tertiary/aromatic N) is 3. The molecule has 1 amide bonds. The number of carbonyl (C=O) groups is 1. The van der Waals surface area contributed by atoms with Crippen molar-refractivity contribution >= 4 is 16.3 Å². The van der Waals surface area contributed by atoms with Gasteiger partial charge in [-0.05, 0) is 17.7 Å². The normalized spacial score (nSPS) is 23.3. The molecule has 2 fully saturated rings. The molecular formula is C16H23N3O6S. The minimum absolute atomic E-state index is 0.166. The van der Waals surface area contributed by atoms with Gasteiger partial charge in [-0.25, -0.2) is 4.79 Å². The van der Waals surface area contributed by atoms with Gasteiger partial charge in [0.1, 0.15) is 6.10 Å². The van der Waals surface area contributed by atoms with Crippen molar-refractivity contribution in [2.45, 2.75) is 18.7 Å². The average molecular weight is 385 g/mol. The van der Waals surface area contributed by atoms with E-state index in [9.17, 15) is 13.2 Å². The first-order valence-electron chi connectivity index (χ1n) is 8.13. The molecule has 1 aromatic carbocycles. The Hall–Kier alpha value is -2.04. The zero-order valence-corrected chi connectivity index (χ0v) is 16.0. The Labute approximate surface area is 153 Å². The fourth-order valence-electron chi connectivity index (χ4n) is 3.25. The Balaban J connectivity index is 1.78. The summed E-state index contributed by atoms with van der Waals surface area (Å²) in [5.74, 6) is 1.17. The van der Waals surface area contributed by atoms with Crippen molar-refractivity contribution in [2.75, 3.05) is 41.4 Å². The van der Waals surface area contributed by atoms with E-state index in [0.717, 1.165) is 9.87 Å². The molecular weight excluding hydrogens is 362 g/mol. The van der Waals surface area contributed by atoms with Crippen LogP contribution in [0.25, 0.3) is 0 Å². The maximum atomic E-state index is 12.3. The summed E-state index contributed by atoms with van der Waals surface area (Å²) in [5, 5.41) is 0. The SMILES string of the molecule is COc1ccc(CN2C(=O)O[C@H]3CN(S(=O)(=O)N(C)C)C[C@H]32)cc1OC. The monoisotopic (exact) mass is 385 g/mol. The predicted octanol–water partition coefficient (Wildman–Crippen LogP) is 0.515. The van der Waals surface area contributed by atoms with Gasteiger partial charge in [0.15, 0.2) is 11.5 Å². The molecule has 2 atom stereocenters. The highest BCUT2D eigenvalue weighted by molar-refractivity contribution is 7.86. The third-order valence-electron chi connectivity index (χ3n) is 4.68. The highest BCUT2D eigenvalue weighted by Gasteiger charge is 2.50. The van der Waals surface area contributed by atoms with E-state index in [1.54, 1.807) is 31.3 Å². The molecule has 144 valence electrons. The van der Waals surface area contributed by atoms with Gasteiger partial charge in [0.2, 0.25) is 0 Å². The van der Waals surface area contributed by atoms with Gasteiger partial charge in [-0.2, -0.15) is 17.0 Å². The summed E-state index contributed by atoms with van der Waals surface area (Å²) in [5.41, 5.74) is 0.842. The molecule has 0 aliphatic carbocycles. The van der Waals surface area contributed by atoms with Crippen molar-refractivity contribution < 1.29 is 27.4 Å². The summed E-state index contributed by atoms with van der Waals surface area (Å²) in [4.78, 5) is 13.8. The quantitative estimate of drug-likeness (QED) is 0.709. The molecule has 9 nitrogen and oxygen atoms in total. The minimum Gasteiger partial charge on any atom is -0.493 e. The molecule has 26 heavy (non-hydrogen) atoms. The smallest absolute Gasteiger partial charge is 0.410 e. The zero-order chi connectivity index (χ0) is 19.1. The van der Waals surface area contributed by atoms with Gasteiger partial charge in [-0.15, -0.1) is 0 Å². The molecule has 0 unspecified atom stereocenters. The highest BCUT2D eigenvalue weighted by atomic mass is 32.2. The van der Waals surface area contributed by atoms with Crippen LogP contribution < -0.4 is 9.47 Å². The Morgan fingerprint density at radius 1 is 1.19 bits per heavy atom. The van der Waals surface area contributed by atoms with Crippen molar-refractivity contribution in [1.82, 2.24) is 13.5 Å². The standard InChI is InChI=1S/C16H23N3O6S/c1-17(2)26(21,22)18-9-12-15(10-18)25-16(20)19(12)8-11-5-6-13(23-3)14(7-11)24-4/h5-7,12,15H,8-10H2,1-4H3/t12-,15+/m1/s1. The van der Waals surface area contributed by atoms with E-state index in [1.807, 2.05) is 6.07 Å². The number of fused-ring (bicyclic) bond motifs is 1. The van der Waals surface area contributed by atoms with Gasteiger partial charge in [-0.1, -0.05) is 6.07 Å². The number of amides is 1. The van der Waals surface area contributed by atoms with Gasteiger partial charge < -0.3 is 14.2 Å². The number of hydrogen-bond acceptors (Lipinski definition) is 6. The van der Waals surface area contributed by atoms with Gasteiger partial charge >= 0.3 is 6.09 Å². The molecule has 2 aliphatic rings. The Morgan fingerprint density at radius 2 is 1.88 bits per heavy atom. The van der Waals surface area contributed by atoms with E-state index in [4.69, 9.17) is 14.2 Å². The van der Waals surface area contributed by atoms with Crippen molar-refractivity contribution in [3.8, 4) is 11.5 Å². The summed E-state index contributed by atoms with van der Waals surface area (Å²) < 4.78 is 43.0. The number of rotatable bonds is 6.